The molecule has 2 aliphatic heterocycles. The number of morpholine rings is 1. The maximum atomic E-state index is 12.5. The molecule has 7 heteroatoms. The SMILES string of the molecule is O=C(c1ccc(N2CCOCC2)cc1)N1CC(Nc2ncccn2)C1. The molecule has 2 aliphatic rings. The highest BCUT2D eigenvalue weighted by atomic mass is 16.5. The Morgan fingerprint density at radius 1 is 1.08 bits per heavy atom. The van der Waals surface area contributed by atoms with E-state index in [1.54, 1.807) is 18.5 Å². The Bertz CT molecular complexity index is 710. The molecule has 130 valence electrons. The van der Waals surface area contributed by atoms with Crippen LogP contribution in [0.1, 0.15) is 10.4 Å². The number of nitrogens with one attached hydrogen (secondary N) is 1. The van der Waals surface area contributed by atoms with E-state index in [1.165, 1.54) is 0 Å². The number of carbonyl (C=O) groups is 1. The zero-order valence-corrected chi connectivity index (χ0v) is 14.0. The molecule has 0 unspecified atom stereocenters. The second-order valence-electron chi connectivity index (χ2n) is 6.27. The molecule has 2 aromatic rings. The van der Waals surface area contributed by atoms with Gasteiger partial charge < -0.3 is 19.9 Å². The number of likely N-dealkylation sites (tertiary alicyclic amines) is 1. The van der Waals surface area contributed by atoms with Gasteiger partial charge in [-0.3, -0.25) is 4.79 Å². The quantitative estimate of drug-likeness (QED) is 0.904. The number of nitrogens with zero attached hydrogens (tertiary/aromatic N) is 4. The molecule has 2 fully saturated rings. The summed E-state index contributed by atoms with van der Waals surface area (Å²) < 4.78 is 5.37. The van der Waals surface area contributed by atoms with Crippen molar-refractivity contribution < 1.29 is 9.53 Å². The molecule has 3 heterocycles. The van der Waals surface area contributed by atoms with Gasteiger partial charge in [0.25, 0.3) is 5.91 Å². The van der Waals surface area contributed by atoms with Crippen molar-refractivity contribution in [2.75, 3.05) is 49.6 Å². The number of hydrogen-bond donors (Lipinski definition) is 1. The topological polar surface area (TPSA) is 70.6 Å². The Morgan fingerprint density at radius 3 is 2.44 bits per heavy atom. The third kappa shape index (κ3) is 3.56. The Balaban J connectivity index is 1.31. The van der Waals surface area contributed by atoms with Crippen molar-refractivity contribution in [3.8, 4) is 0 Å². The number of anilines is 2. The maximum Gasteiger partial charge on any atom is 0.253 e. The first-order valence-electron chi connectivity index (χ1n) is 8.55. The summed E-state index contributed by atoms with van der Waals surface area (Å²) >= 11 is 0. The number of carbonyl (C=O) groups excluding carboxylic acids is 1. The van der Waals surface area contributed by atoms with Gasteiger partial charge in [-0.1, -0.05) is 0 Å². The lowest BCUT2D eigenvalue weighted by atomic mass is 10.1. The first kappa shape index (κ1) is 15.8. The highest BCUT2D eigenvalue weighted by Crippen LogP contribution is 2.20. The molecule has 7 nitrogen and oxygen atoms in total. The van der Waals surface area contributed by atoms with E-state index < -0.39 is 0 Å². The lowest BCUT2D eigenvalue weighted by Crippen LogP contribution is -2.57. The number of rotatable bonds is 4. The molecule has 0 radical (unpaired) electrons. The predicted molar refractivity (Wildman–Crippen MR) is 94.8 cm³/mol. The smallest absolute Gasteiger partial charge is 0.253 e. The molecular weight excluding hydrogens is 318 g/mol. The molecule has 4 rings (SSSR count). The molecule has 1 amide bonds. The van der Waals surface area contributed by atoms with Gasteiger partial charge in [-0.05, 0) is 30.3 Å². The van der Waals surface area contributed by atoms with Gasteiger partial charge in [0.05, 0.1) is 19.3 Å². The van der Waals surface area contributed by atoms with Crippen molar-refractivity contribution in [1.29, 1.82) is 0 Å². The van der Waals surface area contributed by atoms with E-state index in [1.807, 2.05) is 29.2 Å². The van der Waals surface area contributed by atoms with Gasteiger partial charge >= 0.3 is 0 Å². The average Bonchev–Trinajstić information content (AvgIpc) is 2.65. The summed E-state index contributed by atoms with van der Waals surface area (Å²) in [5, 5.41) is 3.23. The standard InChI is InChI=1S/C18H21N5O2/c24-17(23-12-15(13-23)21-18-19-6-1-7-20-18)14-2-4-16(5-3-14)22-8-10-25-11-9-22/h1-7,15H,8-13H2,(H,19,20,21). The van der Waals surface area contributed by atoms with Crippen LogP contribution < -0.4 is 10.2 Å². The summed E-state index contributed by atoms with van der Waals surface area (Å²) in [6, 6.07) is 9.85. The van der Waals surface area contributed by atoms with Crippen LogP contribution >= 0.6 is 0 Å². The molecule has 1 aromatic carbocycles. The molecule has 2 saturated heterocycles. The maximum absolute atomic E-state index is 12.5. The lowest BCUT2D eigenvalue weighted by molar-refractivity contribution is 0.0624. The molecule has 0 aliphatic carbocycles. The Kier molecular flexibility index (Phi) is 4.47. The summed E-state index contributed by atoms with van der Waals surface area (Å²) in [4.78, 5) is 24.9. The van der Waals surface area contributed by atoms with Crippen LogP contribution in [0, 0.1) is 0 Å². The molecular formula is C18H21N5O2. The van der Waals surface area contributed by atoms with Crippen molar-refractivity contribution in [2.45, 2.75) is 6.04 Å². The molecule has 1 aromatic heterocycles. The van der Waals surface area contributed by atoms with E-state index >= 15 is 0 Å². The van der Waals surface area contributed by atoms with Crippen molar-refractivity contribution >= 4 is 17.5 Å². The molecule has 0 spiro atoms. The number of amides is 1. The van der Waals surface area contributed by atoms with Crippen molar-refractivity contribution in [1.82, 2.24) is 14.9 Å². The first-order valence-corrected chi connectivity index (χ1v) is 8.55. The van der Waals surface area contributed by atoms with Crippen LogP contribution in [0.4, 0.5) is 11.6 Å². The monoisotopic (exact) mass is 339 g/mol. The van der Waals surface area contributed by atoms with Gasteiger partial charge in [0.1, 0.15) is 0 Å². The summed E-state index contributed by atoms with van der Waals surface area (Å²) in [6.45, 7) is 4.65. The van der Waals surface area contributed by atoms with Gasteiger partial charge in [-0.2, -0.15) is 0 Å². The fourth-order valence-electron chi connectivity index (χ4n) is 3.11. The zero-order valence-electron chi connectivity index (χ0n) is 14.0. The summed E-state index contributed by atoms with van der Waals surface area (Å²) in [7, 11) is 0. The van der Waals surface area contributed by atoms with Crippen molar-refractivity contribution in [3.05, 3.63) is 48.3 Å². The normalized spacial score (nSPS) is 17.9. The van der Waals surface area contributed by atoms with Crippen LogP contribution in [0.25, 0.3) is 0 Å². The van der Waals surface area contributed by atoms with Crippen molar-refractivity contribution in [3.63, 3.8) is 0 Å². The number of hydrogen-bond acceptors (Lipinski definition) is 6. The number of benzene rings is 1. The number of aromatic nitrogens is 2. The van der Waals surface area contributed by atoms with E-state index in [4.69, 9.17) is 4.74 Å². The van der Waals surface area contributed by atoms with Crippen molar-refractivity contribution in [2.24, 2.45) is 0 Å². The van der Waals surface area contributed by atoms with Crippen LogP contribution in [0.15, 0.2) is 42.7 Å². The zero-order chi connectivity index (χ0) is 17.1. The first-order chi connectivity index (χ1) is 12.3. The van der Waals surface area contributed by atoms with E-state index in [0.29, 0.717) is 19.0 Å². The van der Waals surface area contributed by atoms with Gasteiger partial charge in [0.15, 0.2) is 0 Å². The fourth-order valence-corrected chi connectivity index (χ4v) is 3.11. The van der Waals surface area contributed by atoms with Gasteiger partial charge in [-0.25, -0.2) is 9.97 Å². The Labute approximate surface area is 146 Å². The molecule has 0 atom stereocenters. The van der Waals surface area contributed by atoms with Gasteiger partial charge in [0, 0.05) is 49.8 Å². The van der Waals surface area contributed by atoms with Crippen LogP contribution in [-0.2, 0) is 4.74 Å². The second kappa shape index (κ2) is 7.06. The van der Waals surface area contributed by atoms with E-state index in [0.717, 1.165) is 37.6 Å². The Morgan fingerprint density at radius 2 is 1.76 bits per heavy atom. The summed E-state index contributed by atoms with van der Waals surface area (Å²) in [5.41, 5.74) is 1.87. The highest BCUT2D eigenvalue weighted by molar-refractivity contribution is 5.95. The van der Waals surface area contributed by atoms with E-state index in [9.17, 15) is 4.79 Å². The third-order valence-electron chi connectivity index (χ3n) is 4.56. The van der Waals surface area contributed by atoms with Crippen LogP contribution in [0.3, 0.4) is 0 Å². The molecule has 25 heavy (non-hydrogen) atoms. The summed E-state index contributed by atoms with van der Waals surface area (Å²) in [5.74, 6) is 0.676. The minimum Gasteiger partial charge on any atom is -0.378 e. The lowest BCUT2D eigenvalue weighted by Gasteiger charge is -2.39. The second-order valence-corrected chi connectivity index (χ2v) is 6.27. The largest absolute Gasteiger partial charge is 0.378 e. The molecule has 0 saturated carbocycles. The van der Waals surface area contributed by atoms with E-state index in [-0.39, 0.29) is 11.9 Å². The highest BCUT2D eigenvalue weighted by Gasteiger charge is 2.31. The molecule has 0 bridgehead atoms. The minimum atomic E-state index is 0.0700. The van der Waals surface area contributed by atoms with Gasteiger partial charge in [0.2, 0.25) is 5.95 Å². The van der Waals surface area contributed by atoms with Crippen LogP contribution in [0.2, 0.25) is 0 Å². The average molecular weight is 339 g/mol. The van der Waals surface area contributed by atoms with Crippen LogP contribution in [0.5, 0.6) is 0 Å². The minimum absolute atomic E-state index is 0.0700. The van der Waals surface area contributed by atoms with E-state index in [2.05, 4.69) is 20.2 Å². The van der Waals surface area contributed by atoms with Gasteiger partial charge in [-0.15, -0.1) is 0 Å². The van der Waals surface area contributed by atoms with Crippen LogP contribution in [-0.4, -0.2) is 66.2 Å². The molecule has 1 N–H and O–H groups in total. The third-order valence-corrected chi connectivity index (χ3v) is 4.56. The summed E-state index contributed by atoms with van der Waals surface area (Å²) in [6.07, 6.45) is 3.40. The predicted octanol–water partition coefficient (Wildman–Crippen LogP) is 1.25. The number of ether oxygens (including phenoxy) is 1. The fraction of sp³-hybridized carbons (Fsp3) is 0.389. The Hall–Kier alpha value is -2.67.